The molecule has 0 atom stereocenters. The Balaban J connectivity index is 1.96. The molecule has 0 fully saturated rings. The molecule has 0 heterocycles. The van der Waals surface area contributed by atoms with Crippen LogP contribution in [-0.4, -0.2) is 13.1 Å². The number of ether oxygens (including phenoxy) is 2. The average Bonchev–Trinajstić information content (AvgIpc) is 2.57. The molecule has 0 amide bonds. The Hall–Kier alpha value is -2.33. The molecular weight excluding hydrogens is 344 g/mol. The maximum atomic E-state index is 12.4. The van der Waals surface area contributed by atoms with Gasteiger partial charge in [-0.1, -0.05) is 42.5 Å². The summed E-state index contributed by atoms with van der Waals surface area (Å²) in [5, 5.41) is 2.07. The zero-order valence-corrected chi connectivity index (χ0v) is 13.5. The highest BCUT2D eigenvalue weighted by Crippen LogP contribution is 2.34. The number of fused-ring (bicyclic) bond motifs is 1. The first-order chi connectivity index (χ1) is 10.7. The third-order valence-electron chi connectivity index (χ3n) is 3.36. The molecular formula is C18H13BrO3. The van der Waals surface area contributed by atoms with Crippen molar-refractivity contribution in [2.24, 2.45) is 0 Å². The van der Waals surface area contributed by atoms with Crippen molar-refractivity contribution in [3.63, 3.8) is 0 Å². The van der Waals surface area contributed by atoms with Crippen LogP contribution in [0, 0.1) is 0 Å². The van der Waals surface area contributed by atoms with Crippen LogP contribution < -0.4 is 9.47 Å². The lowest BCUT2D eigenvalue weighted by atomic mass is 10.1. The van der Waals surface area contributed by atoms with E-state index in [2.05, 4.69) is 15.9 Å². The van der Waals surface area contributed by atoms with Gasteiger partial charge >= 0.3 is 5.97 Å². The number of hydrogen-bond donors (Lipinski definition) is 0. The van der Waals surface area contributed by atoms with Crippen molar-refractivity contribution in [3.05, 3.63) is 70.7 Å². The fourth-order valence-electron chi connectivity index (χ4n) is 2.26. The van der Waals surface area contributed by atoms with Crippen molar-refractivity contribution in [1.82, 2.24) is 0 Å². The van der Waals surface area contributed by atoms with Gasteiger partial charge < -0.3 is 9.47 Å². The highest BCUT2D eigenvalue weighted by molar-refractivity contribution is 9.10. The fourth-order valence-corrected chi connectivity index (χ4v) is 2.83. The van der Waals surface area contributed by atoms with E-state index in [1.807, 2.05) is 36.4 Å². The first kappa shape index (κ1) is 14.6. The molecule has 0 spiro atoms. The molecule has 0 saturated carbocycles. The number of benzene rings is 3. The Bertz CT molecular complexity index is 843. The Morgan fingerprint density at radius 3 is 2.45 bits per heavy atom. The summed E-state index contributed by atoms with van der Waals surface area (Å²) in [6.07, 6.45) is 0. The summed E-state index contributed by atoms with van der Waals surface area (Å²) < 4.78 is 11.5. The second-order valence-electron chi connectivity index (χ2n) is 4.69. The largest absolute Gasteiger partial charge is 0.496 e. The zero-order chi connectivity index (χ0) is 15.5. The van der Waals surface area contributed by atoms with Crippen LogP contribution in [0.2, 0.25) is 0 Å². The van der Waals surface area contributed by atoms with Crippen LogP contribution in [0.1, 0.15) is 10.4 Å². The van der Waals surface area contributed by atoms with Gasteiger partial charge in [0.15, 0.2) is 0 Å². The number of esters is 1. The number of rotatable bonds is 3. The molecule has 22 heavy (non-hydrogen) atoms. The van der Waals surface area contributed by atoms with Gasteiger partial charge in [0.25, 0.3) is 0 Å². The van der Waals surface area contributed by atoms with E-state index in [4.69, 9.17) is 9.47 Å². The number of halogens is 1. The molecule has 3 nitrogen and oxygen atoms in total. The standard InChI is InChI=1S/C18H13BrO3/c1-21-15-9-5-4-8-14(15)18(20)22-16-11-10-12-6-2-3-7-13(12)17(16)19/h2-11H,1H3. The topological polar surface area (TPSA) is 35.5 Å². The summed E-state index contributed by atoms with van der Waals surface area (Å²) in [7, 11) is 1.53. The van der Waals surface area contributed by atoms with Crippen LogP contribution in [0.4, 0.5) is 0 Å². The number of methoxy groups -OCH3 is 1. The molecule has 0 aliphatic carbocycles. The third kappa shape index (κ3) is 2.70. The monoisotopic (exact) mass is 356 g/mol. The molecule has 0 N–H and O–H groups in total. The van der Waals surface area contributed by atoms with E-state index in [0.29, 0.717) is 17.1 Å². The van der Waals surface area contributed by atoms with E-state index < -0.39 is 5.97 Å². The summed E-state index contributed by atoms with van der Waals surface area (Å²) in [5.74, 6) is 0.521. The van der Waals surface area contributed by atoms with Gasteiger partial charge in [-0.05, 0) is 44.9 Å². The van der Waals surface area contributed by atoms with Crippen LogP contribution in [0.3, 0.4) is 0 Å². The average molecular weight is 357 g/mol. The van der Waals surface area contributed by atoms with Crippen molar-refractivity contribution >= 4 is 32.7 Å². The molecule has 3 aromatic rings. The maximum absolute atomic E-state index is 12.4. The van der Waals surface area contributed by atoms with Gasteiger partial charge in [0, 0.05) is 0 Å². The van der Waals surface area contributed by atoms with Gasteiger partial charge in [-0.3, -0.25) is 0 Å². The van der Waals surface area contributed by atoms with Crippen LogP contribution in [0.25, 0.3) is 10.8 Å². The predicted octanol–water partition coefficient (Wildman–Crippen LogP) is 4.83. The van der Waals surface area contributed by atoms with Crippen molar-refractivity contribution < 1.29 is 14.3 Å². The van der Waals surface area contributed by atoms with Crippen LogP contribution >= 0.6 is 15.9 Å². The molecule has 110 valence electrons. The van der Waals surface area contributed by atoms with E-state index in [1.165, 1.54) is 7.11 Å². The summed E-state index contributed by atoms with van der Waals surface area (Å²) in [6, 6.07) is 18.6. The minimum absolute atomic E-state index is 0.394. The molecule has 4 heteroatoms. The first-order valence-corrected chi connectivity index (χ1v) is 7.52. The Labute approximate surface area is 136 Å². The lowest BCUT2D eigenvalue weighted by molar-refractivity contribution is 0.0730. The highest BCUT2D eigenvalue weighted by Gasteiger charge is 2.16. The summed E-state index contributed by atoms with van der Waals surface area (Å²) >= 11 is 3.51. The van der Waals surface area contributed by atoms with E-state index >= 15 is 0 Å². The van der Waals surface area contributed by atoms with E-state index in [9.17, 15) is 4.79 Å². The minimum Gasteiger partial charge on any atom is -0.496 e. The van der Waals surface area contributed by atoms with E-state index in [1.54, 1.807) is 24.3 Å². The van der Waals surface area contributed by atoms with E-state index in [-0.39, 0.29) is 0 Å². The summed E-state index contributed by atoms with van der Waals surface area (Å²) in [5.41, 5.74) is 0.394. The predicted molar refractivity (Wildman–Crippen MR) is 89.6 cm³/mol. The molecule has 3 rings (SSSR count). The molecule has 0 unspecified atom stereocenters. The van der Waals surface area contributed by atoms with Crippen molar-refractivity contribution in [1.29, 1.82) is 0 Å². The number of carbonyl (C=O) groups excluding carboxylic acids is 1. The van der Waals surface area contributed by atoms with Gasteiger partial charge in [-0.25, -0.2) is 4.79 Å². The molecule has 0 bridgehead atoms. The first-order valence-electron chi connectivity index (χ1n) is 6.73. The van der Waals surface area contributed by atoms with Gasteiger partial charge in [0.2, 0.25) is 0 Å². The minimum atomic E-state index is -0.451. The second kappa shape index (κ2) is 6.20. The second-order valence-corrected chi connectivity index (χ2v) is 5.48. The Morgan fingerprint density at radius 2 is 1.64 bits per heavy atom. The molecule has 0 aliphatic rings. The molecule has 0 aliphatic heterocycles. The highest BCUT2D eigenvalue weighted by atomic mass is 79.9. The van der Waals surface area contributed by atoms with Gasteiger partial charge in [0.05, 0.1) is 11.6 Å². The summed E-state index contributed by atoms with van der Waals surface area (Å²) in [6.45, 7) is 0. The number of hydrogen-bond acceptors (Lipinski definition) is 3. The number of carbonyl (C=O) groups is 1. The van der Waals surface area contributed by atoms with Crippen LogP contribution in [0.15, 0.2) is 65.1 Å². The van der Waals surface area contributed by atoms with Crippen molar-refractivity contribution in [2.75, 3.05) is 7.11 Å². The zero-order valence-electron chi connectivity index (χ0n) is 11.9. The van der Waals surface area contributed by atoms with Crippen molar-refractivity contribution in [3.8, 4) is 11.5 Å². The van der Waals surface area contributed by atoms with Gasteiger partial charge in [-0.2, -0.15) is 0 Å². The number of para-hydroxylation sites is 1. The lowest BCUT2D eigenvalue weighted by Crippen LogP contribution is -2.10. The quantitative estimate of drug-likeness (QED) is 0.498. The van der Waals surface area contributed by atoms with E-state index in [0.717, 1.165) is 15.2 Å². The molecule has 3 aromatic carbocycles. The maximum Gasteiger partial charge on any atom is 0.347 e. The van der Waals surface area contributed by atoms with Crippen molar-refractivity contribution in [2.45, 2.75) is 0 Å². The van der Waals surface area contributed by atoms with Crippen LogP contribution in [0.5, 0.6) is 11.5 Å². The molecule has 0 aromatic heterocycles. The lowest BCUT2D eigenvalue weighted by Gasteiger charge is -2.10. The third-order valence-corrected chi connectivity index (χ3v) is 4.18. The normalized spacial score (nSPS) is 10.5. The smallest absolute Gasteiger partial charge is 0.347 e. The molecule has 0 saturated heterocycles. The Kier molecular flexibility index (Phi) is 4.11. The fraction of sp³-hybridized carbons (Fsp3) is 0.0556. The van der Waals surface area contributed by atoms with Crippen LogP contribution in [-0.2, 0) is 0 Å². The molecule has 0 radical (unpaired) electrons. The van der Waals surface area contributed by atoms with Gasteiger partial charge in [0.1, 0.15) is 17.1 Å². The summed E-state index contributed by atoms with van der Waals surface area (Å²) in [4.78, 5) is 12.4. The Morgan fingerprint density at radius 1 is 0.909 bits per heavy atom. The van der Waals surface area contributed by atoms with Gasteiger partial charge in [-0.15, -0.1) is 0 Å². The SMILES string of the molecule is COc1ccccc1C(=O)Oc1ccc2ccccc2c1Br.